The lowest BCUT2D eigenvalue weighted by Crippen LogP contribution is -2.46. The Morgan fingerprint density at radius 3 is 2.62 bits per heavy atom. The minimum Gasteiger partial charge on any atom is -0.370 e. The molecule has 0 spiro atoms. The molecule has 3 rings (SSSR count). The molecule has 2 saturated heterocycles. The van der Waals surface area contributed by atoms with E-state index in [0.29, 0.717) is 31.7 Å². The number of rotatable bonds is 6. The molecular weight excluding hydrogens is 336 g/mol. The van der Waals surface area contributed by atoms with E-state index in [2.05, 4.69) is 10.6 Å². The monoisotopic (exact) mass is 362 g/mol. The summed E-state index contributed by atoms with van der Waals surface area (Å²) in [7, 11) is 0. The number of hydrogen-bond donors (Lipinski definition) is 2. The van der Waals surface area contributed by atoms with Gasteiger partial charge in [-0.05, 0) is 32.4 Å². The third kappa shape index (κ3) is 4.06. The van der Waals surface area contributed by atoms with E-state index in [9.17, 15) is 9.59 Å². The van der Waals surface area contributed by atoms with E-state index in [0.717, 1.165) is 0 Å². The van der Waals surface area contributed by atoms with E-state index in [1.54, 1.807) is 12.1 Å². The highest BCUT2D eigenvalue weighted by atomic mass is 16.8. The van der Waals surface area contributed by atoms with E-state index in [4.69, 9.17) is 14.2 Å². The van der Waals surface area contributed by atoms with Crippen LogP contribution in [-0.4, -0.2) is 55.1 Å². The molecule has 0 aliphatic carbocycles. The molecule has 0 radical (unpaired) electrons. The van der Waals surface area contributed by atoms with Gasteiger partial charge in [0.2, 0.25) is 5.91 Å². The summed E-state index contributed by atoms with van der Waals surface area (Å²) < 4.78 is 18.1. The van der Waals surface area contributed by atoms with Crippen LogP contribution in [0.1, 0.15) is 37.6 Å². The summed E-state index contributed by atoms with van der Waals surface area (Å²) in [6.07, 6.45) is -0.000509. The van der Waals surface area contributed by atoms with Crippen LogP contribution < -0.4 is 10.6 Å². The first kappa shape index (κ1) is 18.8. The lowest BCUT2D eigenvalue weighted by atomic mass is 9.92. The molecule has 2 aliphatic rings. The summed E-state index contributed by atoms with van der Waals surface area (Å²) in [4.78, 5) is 23.4. The van der Waals surface area contributed by atoms with Gasteiger partial charge in [0.05, 0.1) is 6.61 Å². The average molecular weight is 362 g/mol. The smallest absolute Gasteiger partial charge is 0.251 e. The van der Waals surface area contributed by atoms with Crippen LogP contribution in [0.15, 0.2) is 30.3 Å². The number of carbonyl (C=O) groups excluding carboxylic acids is 2. The third-order valence-corrected chi connectivity index (χ3v) is 4.68. The molecule has 142 valence electrons. The Kier molecular flexibility index (Phi) is 5.32. The molecule has 2 heterocycles. The maximum absolute atomic E-state index is 12.2. The summed E-state index contributed by atoms with van der Waals surface area (Å²) >= 11 is 0. The summed E-state index contributed by atoms with van der Waals surface area (Å²) in [5.74, 6) is -0.961. The minimum absolute atomic E-state index is 0.112. The highest BCUT2D eigenvalue weighted by Gasteiger charge is 2.60. The molecule has 2 fully saturated rings. The number of benzene rings is 1. The number of nitrogens with one attached hydrogen (secondary N) is 2. The number of amides is 2. The molecule has 7 heteroatoms. The molecule has 3 atom stereocenters. The van der Waals surface area contributed by atoms with Crippen LogP contribution in [0.5, 0.6) is 0 Å². The Morgan fingerprint density at radius 2 is 1.92 bits per heavy atom. The fourth-order valence-electron chi connectivity index (χ4n) is 3.60. The van der Waals surface area contributed by atoms with Gasteiger partial charge in [-0.3, -0.25) is 9.59 Å². The number of fused-ring (bicyclic) bond motifs is 1. The van der Waals surface area contributed by atoms with Crippen LogP contribution in [0.3, 0.4) is 0 Å². The second kappa shape index (κ2) is 7.34. The van der Waals surface area contributed by atoms with E-state index in [-0.39, 0.29) is 24.0 Å². The van der Waals surface area contributed by atoms with Crippen molar-refractivity contribution in [1.29, 1.82) is 0 Å². The zero-order chi connectivity index (χ0) is 18.8. The van der Waals surface area contributed by atoms with Gasteiger partial charge in [0.15, 0.2) is 5.79 Å². The maximum atomic E-state index is 12.2. The average Bonchev–Trinajstić information content (AvgIpc) is 3.03. The van der Waals surface area contributed by atoms with Crippen molar-refractivity contribution in [2.75, 3.05) is 19.7 Å². The number of ether oxygens (including phenoxy) is 3. The standard InChI is InChI=1S/C19H26N2O5/c1-13(22)21-11-15-16-19(12-24-15,26-18(2,3)25-16)9-10-20-17(23)14-7-5-4-6-8-14/h4-8,15-16H,9-12H2,1-3H3,(H,20,23)(H,21,22)/t15-,16-,19+/m1/s1. The topological polar surface area (TPSA) is 85.9 Å². The van der Waals surface area contributed by atoms with Crippen molar-refractivity contribution in [2.45, 2.75) is 50.8 Å². The first-order valence-corrected chi connectivity index (χ1v) is 8.89. The molecule has 26 heavy (non-hydrogen) atoms. The lowest BCUT2D eigenvalue weighted by molar-refractivity contribution is -0.190. The molecule has 1 aromatic carbocycles. The van der Waals surface area contributed by atoms with Gasteiger partial charge in [0, 0.05) is 25.6 Å². The van der Waals surface area contributed by atoms with E-state index < -0.39 is 11.4 Å². The van der Waals surface area contributed by atoms with Crippen molar-refractivity contribution in [1.82, 2.24) is 10.6 Å². The van der Waals surface area contributed by atoms with Crippen LogP contribution in [0.4, 0.5) is 0 Å². The van der Waals surface area contributed by atoms with Gasteiger partial charge >= 0.3 is 0 Å². The molecule has 2 aliphatic heterocycles. The fraction of sp³-hybridized carbons (Fsp3) is 0.579. The van der Waals surface area contributed by atoms with Gasteiger partial charge < -0.3 is 24.8 Å². The van der Waals surface area contributed by atoms with Crippen molar-refractivity contribution in [3.8, 4) is 0 Å². The predicted molar refractivity (Wildman–Crippen MR) is 94.6 cm³/mol. The summed E-state index contributed by atoms with van der Waals surface area (Å²) in [5, 5.41) is 5.70. The second-order valence-corrected chi connectivity index (χ2v) is 7.26. The van der Waals surface area contributed by atoms with Crippen molar-refractivity contribution >= 4 is 11.8 Å². The second-order valence-electron chi connectivity index (χ2n) is 7.26. The van der Waals surface area contributed by atoms with Gasteiger partial charge in [-0.1, -0.05) is 18.2 Å². The molecule has 0 unspecified atom stereocenters. The SMILES string of the molecule is CC(=O)NC[C@H]1OC[C@]2(CCNC(=O)c3ccccc3)OC(C)(C)O[C@H]12. The van der Waals surface area contributed by atoms with Crippen molar-refractivity contribution < 1.29 is 23.8 Å². The summed E-state index contributed by atoms with van der Waals surface area (Å²) in [5.41, 5.74) is -0.00645. The van der Waals surface area contributed by atoms with Crippen molar-refractivity contribution in [3.05, 3.63) is 35.9 Å². The van der Waals surface area contributed by atoms with Crippen molar-refractivity contribution in [3.63, 3.8) is 0 Å². The Balaban J connectivity index is 1.61. The largest absolute Gasteiger partial charge is 0.370 e. The summed E-state index contributed by atoms with van der Waals surface area (Å²) in [6, 6.07) is 9.08. The van der Waals surface area contributed by atoms with Crippen molar-refractivity contribution in [2.24, 2.45) is 0 Å². The third-order valence-electron chi connectivity index (χ3n) is 4.68. The molecular formula is C19H26N2O5. The number of carbonyl (C=O) groups is 2. The van der Waals surface area contributed by atoms with Crippen LogP contribution in [0, 0.1) is 0 Å². The molecule has 0 aromatic heterocycles. The zero-order valence-electron chi connectivity index (χ0n) is 15.4. The Morgan fingerprint density at radius 1 is 1.19 bits per heavy atom. The van der Waals surface area contributed by atoms with E-state index >= 15 is 0 Å². The molecule has 2 amide bonds. The fourth-order valence-corrected chi connectivity index (χ4v) is 3.60. The van der Waals surface area contributed by atoms with E-state index in [1.165, 1.54) is 6.92 Å². The predicted octanol–water partition coefficient (Wildman–Crippen LogP) is 1.23. The molecule has 1 aromatic rings. The van der Waals surface area contributed by atoms with Crippen LogP contribution in [0.25, 0.3) is 0 Å². The molecule has 2 N–H and O–H groups in total. The Bertz CT molecular complexity index is 663. The maximum Gasteiger partial charge on any atom is 0.251 e. The molecule has 7 nitrogen and oxygen atoms in total. The Labute approximate surface area is 153 Å². The number of hydrogen-bond acceptors (Lipinski definition) is 5. The molecule has 0 bridgehead atoms. The first-order valence-electron chi connectivity index (χ1n) is 8.89. The zero-order valence-corrected chi connectivity index (χ0v) is 15.4. The summed E-state index contributed by atoms with van der Waals surface area (Å²) in [6.45, 7) is 6.39. The van der Waals surface area contributed by atoms with Gasteiger partial charge in [-0.25, -0.2) is 0 Å². The van der Waals surface area contributed by atoms with Crippen LogP contribution >= 0.6 is 0 Å². The van der Waals surface area contributed by atoms with Crippen LogP contribution in [-0.2, 0) is 19.0 Å². The quantitative estimate of drug-likeness (QED) is 0.795. The minimum atomic E-state index is -0.730. The lowest BCUT2D eigenvalue weighted by Gasteiger charge is -2.27. The van der Waals surface area contributed by atoms with Gasteiger partial charge in [0.1, 0.15) is 17.8 Å². The van der Waals surface area contributed by atoms with Crippen LogP contribution in [0.2, 0.25) is 0 Å². The van der Waals surface area contributed by atoms with Gasteiger partial charge in [-0.2, -0.15) is 0 Å². The highest BCUT2D eigenvalue weighted by Crippen LogP contribution is 2.45. The van der Waals surface area contributed by atoms with E-state index in [1.807, 2.05) is 32.0 Å². The van der Waals surface area contributed by atoms with Gasteiger partial charge in [-0.15, -0.1) is 0 Å². The Hall–Kier alpha value is -1.96. The normalized spacial score (nSPS) is 29.2. The highest BCUT2D eigenvalue weighted by molar-refractivity contribution is 5.94. The molecule has 0 saturated carbocycles. The van der Waals surface area contributed by atoms with Gasteiger partial charge in [0.25, 0.3) is 5.91 Å². The first-order chi connectivity index (χ1) is 12.3.